The van der Waals surface area contributed by atoms with Crippen molar-refractivity contribution < 1.29 is 9.47 Å². The molecule has 1 fully saturated rings. The fraction of sp³-hybridized carbons (Fsp3) is 0.529. The lowest BCUT2D eigenvalue weighted by Gasteiger charge is -2.42. The lowest BCUT2D eigenvalue weighted by atomic mass is 9.84. The molecule has 0 aliphatic carbocycles. The molecule has 4 heteroatoms. The van der Waals surface area contributed by atoms with E-state index >= 15 is 0 Å². The maximum atomic E-state index is 5.49. The van der Waals surface area contributed by atoms with Crippen molar-refractivity contribution in [1.29, 1.82) is 0 Å². The van der Waals surface area contributed by atoms with E-state index in [4.69, 9.17) is 9.47 Å². The Kier molecular flexibility index (Phi) is 5.12. The second-order valence-electron chi connectivity index (χ2n) is 5.77. The molecule has 0 atom stereocenters. The Balaban J connectivity index is 2.22. The van der Waals surface area contributed by atoms with Crippen LogP contribution in [-0.2, 0) is 0 Å². The van der Waals surface area contributed by atoms with Crippen LogP contribution in [0.15, 0.2) is 30.9 Å². The topological polar surface area (TPSA) is 33.7 Å². The van der Waals surface area contributed by atoms with E-state index in [2.05, 4.69) is 23.8 Å². The van der Waals surface area contributed by atoms with Gasteiger partial charge >= 0.3 is 0 Å². The van der Waals surface area contributed by atoms with E-state index in [-0.39, 0.29) is 5.54 Å². The summed E-state index contributed by atoms with van der Waals surface area (Å²) in [6.07, 6.45) is 5.17. The van der Waals surface area contributed by atoms with Gasteiger partial charge in [0, 0.05) is 24.7 Å². The highest BCUT2D eigenvalue weighted by Crippen LogP contribution is 2.36. The SMILES string of the molecule is C=CCC1(Nc2ccc(OC)cc2OC)CCN(C)CC1. The maximum absolute atomic E-state index is 5.49. The van der Waals surface area contributed by atoms with E-state index in [1.54, 1.807) is 14.2 Å². The lowest BCUT2D eigenvalue weighted by molar-refractivity contribution is 0.205. The molecule has 1 aromatic carbocycles. The van der Waals surface area contributed by atoms with Crippen LogP contribution in [0.2, 0.25) is 0 Å². The van der Waals surface area contributed by atoms with Crippen LogP contribution >= 0.6 is 0 Å². The minimum Gasteiger partial charge on any atom is -0.497 e. The Morgan fingerprint density at radius 2 is 2.00 bits per heavy atom. The number of rotatable bonds is 6. The van der Waals surface area contributed by atoms with Crippen molar-refractivity contribution in [2.24, 2.45) is 0 Å². The van der Waals surface area contributed by atoms with E-state index in [9.17, 15) is 0 Å². The van der Waals surface area contributed by atoms with Crippen molar-refractivity contribution in [2.45, 2.75) is 24.8 Å². The first kappa shape index (κ1) is 15.7. The van der Waals surface area contributed by atoms with Gasteiger partial charge in [0.15, 0.2) is 0 Å². The molecule has 1 N–H and O–H groups in total. The number of benzene rings is 1. The average molecular weight is 290 g/mol. The van der Waals surface area contributed by atoms with Gasteiger partial charge in [-0.05, 0) is 38.4 Å². The largest absolute Gasteiger partial charge is 0.497 e. The van der Waals surface area contributed by atoms with Crippen molar-refractivity contribution >= 4 is 5.69 Å². The molecule has 0 aromatic heterocycles. The molecule has 0 radical (unpaired) electrons. The molecule has 21 heavy (non-hydrogen) atoms. The van der Waals surface area contributed by atoms with Gasteiger partial charge in [0.05, 0.1) is 19.9 Å². The first-order chi connectivity index (χ1) is 10.1. The minimum absolute atomic E-state index is 0.0656. The second-order valence-corrected chi connectivity index (χ2v) is 5.77. The molecule has 1 aliphatic rings. The zero-order valence-corrected chi connectivity index (χ0v) is 13.3. The maximum Gasteiger partial charge on any atom is 0.145 e. The number of anilines is 1. The molecular formula is C17H26N2O2. The Morgan fingerprint density at radius 3 is 2.57 bits per heavy atom. The van der Waals surface area contributed by atoms with Gasteiger partial charge in [-0.25, -0.2) is 0 Å². The predicted molar refractivity (Wildman–Crippen MR) is 87.4 cm³/mol. The number of piperidine rings is 1. The molecule has 2 rings (SSSR count). The third-order valence-corrected chi connectivity index (χ3v) is 4.29. The summed E-state index contributed by atoms with van der Waals surface area (Å²) < 4.78 is 10.8. The highest BCUT2D eigenvalue weighted by molar-refractivity contribution is 5.60. The van der Waals surface area contributed by atoms with Crippen molar-refractivity contribution in [2.75, 3.05) is 39.7 Å². The summed E-state index contributed by atoms with van der Waals surface area (Å²) in [6.45, 7) is 6.12. The molecule has 116 valence electrons. The molecule has 1 saturated heterocycles. The molecule has 0 spiro atoms. The number of hydrogen-bond acceptors (Lipinski definition) is 4. The predicted octanol–water partition coefficient (Wildman–Crippen LogP) is 3.16. The summed E-state index contributed by atoms with van der Waals surface area (Å²) in [5, 5.41) is 3.71. The number of hydrogen-bond donors (Lipinski definition) is 1. The Bertz CT molecular complexity index is 480. The molecule has 0 amide bonds. The first-order valence-electron chi connectivity index (χ1n) is 7.42. The smallest absolute Gasteiger partial charge is 0.145 e. The first-order valence-corrected chi connectivity index (χ1v) is 7.42. The summed E-state index contributed by atoms with van der Waals surface area (Å²) in [6, 6.07) is 5.90. The van der Waals surface area contributed by atoms with Gasteiger partial charge in [-0.3, -0.25) is 0 Å². The zero-order valence-electron chi connectivity index (χ0n) is 13.3. The van der Waals surface area contributed by atoms with E-state index in [1.807, 2.05) is 24.3 Å². The third-order valence-electron chi connectivity index (χ3n) is 4.29. The summed E-state index contributed by atoms with van der Waals surface area (Å²) >= 11 is 0. The van der Waals surface area contributed by atoms with Gasteiger partial charge in [-0.15, -0.1) is 6.58 Å². The highest BCUT2D eigenvalue weighted by atomic mass is 16.5. The Labute approximate surface area is 127 Å². The van der Waals surface area contributed by atoms with Crippen LogP contribution in [0.5, 0.6) is 11.5 Å². The second kappa shape index (κ2) is 6.85. The van der Waals surface area contributed by atoms with Crippen LogP contribution in [0.3, 0.4) is 0 Å². The van der Waals surface area contributed by atoms with Crippen LogP contribution < -0.4 is 14.8 Å². The quantitative estimate of drug-likeness (QED) is 0.816. The number of likely N-dealkylation sites (tertiary alicyclic amines) is 1. The van der Waals surface area contributed by atoms with E-state index in [0.717, 1.165) is 49.5 Å². The summed E-state index contributed by atoms with van der Waals surface area (Å²) in [5.74, 6) is 1.62. The molecule has 0 bridgehead atoms. The van der Waals surface area contributed by atoms with Crippen LogP contribution in [0.4, 0.5) is 5.69 Å². The van der Waals surface area contributed by atoms with Gasteiger partial charge in [0.2, 0.25) is 0 Å². The van der Waals surface area contributed by atoms with Crippen molar-refractivity contribution in [3.05, 3.63) is 30.9 Å². The van der Waals surface area contributed by atoms with Crippen molar-refractivity contribution in [3.63, 3.8) is 0 Å². The molecule has 4 nitrogen and oxygen atoms in total. The van der Waals surface area contributed by atoms with Gasteiger partial charge in [-0.1, -0.05) is 6.08 Å². The molecular weight excluding hydrogens is 264 g/mol. The van der Waals surface area contributed by atoms with Gasteiger partial charge in [-0.2, -0.15) is 0 Å². The number of methoxy groups -OCH3 is 2. The average Bonchev–Trinajstić information content (AvgIpc) is 2.51. The van der Waals surface area contributed by atoms with Crippen LogP contribution in [0.25, 0.3) is 0 Å². The molecule has 1 heterocycles. The summed E-state index contributed by atoms with van der Waals surface area (Å²) in [5.41, 5.74) is 1.08. The van der Waals surface area contributed by atoms with Gasteiger partial charge in [0.1, 0.15) is 11.5 Å². The van der Waals surface area contributed by atoms with Gasteiger partial charge in [0.25, 0.3) is 0 Å². The Hall–Kier alpha value is -1.68. The van der Waals surface area contributed by atoms with E-state index in [0.29, 0.717) is 0 Å². The monoisotopic (exact) mass is 290 g/mol. The van der Waals surface area contributed by atoms with Crippen LogP contribution in [0.1, 0.15) is 19.3 Å². The van der Waals surface area contributed by atoms with Crippen molar-refractivity contribution in [3.8, 4) is 11.5 Å². The van der Waals surface area contributed by atoms with Gasteiger partial charge < -0.3 is 19.7 Å². The molecule has 0 saturated carbocycles. The number of ether oxygens (including phenoxy) is 2. The summed E-state index contributed by atoms with van der Waals surface area (Å²) in [4.78, 5) is 2.37. The fourth-order valence-corrected chi connectivity index (χ4v) is 2.89. The van der Waals surface area contributed by atoms with E-state index < -0.39 is 0 Å². The highest BCUT2D eigenvalue weighted by Gasteiger charge is 2.33. The number of nitrogens with zero attached hydrogens (tertiary/aromatic N) is 1. The van der Waals surface area contributed by atoms with Crippen LogP contribution in [0, 0.1) is 0 Å². The minimum atomic E-state index is 0.0656. The molecule has 1 aliphatic heterocycles. The Morgan fingerprint density at radius 1 is 1.29 bits per heavy atom. The normalized spacial score (nSPS) is 18.0. The fourth-order valence-electron chi connectivity index (χ4n) is 2.89. The van der Waals surface area contributed by atoms with Crippen molar-refractivity contribution in [1.82, 2.24) is 4.90 Å². The third kappa shape index (κ3) is 3.70. The number of nitrogens with one attached hydrogen (secondary N) is 1. The lowest BCUT2D eigenvalue weighted by Crippen LogP contribution is -2.47. The standard InChI is InChI=1S/C17H26N2O2/c1-5-8-17(9-11-19(2)12-10-17)18-15-7-6-14(20-3)13-16(15)21-4/h5-7,13,18H,1,8-12H2,2-4H3. The molecule has 0 unspecified atom stereocenters. The van der Waals surface area contributed by atoms with E-state index in [1.165, 1.54) is 0 Å². The zero-order chi connectivity index (χ0) is 15.3. The van der Waals surface area contributed by atoms with Crippen LogP contribution in [-0.4, -0.2) is 44.8 Å². The molecule has 1 aromatic rings. The summed E-state index contributed by atoms with van der Waals surface area (Å²) in [7, 11) is 5.53.